The summed E-state index contributed by atoms with van der Waals surface area (Å²) in [5, 5.41) is 10.6. The van der Waals surface area contributed by atoms with E-state index in [1.807, 2.05) is 0 Å². The van der Waals surface area contributed by atoms with Gasteiger partial charge in [-0.05, 0) is 6.07 Å². The topological polar surface area (TPSA) is 64.9 Å². The quantitative estimate of drug-likeness (QED) is 0.432. The largest absolute Gasteiger partial charge is 0.484 e. The number of rotatable bonds is 4. The van der Waals surface area contributed by atoms with E-state index in [0.717, 1.165) is 18.2 Å². The van der Waals surface area contributed by atoms with Crippen LogP contribution in [0.2, 0.25) is 0 Å². The first-order chi connectivity index (χ1) is 7.16. The van der Waals surface area contributed by atoms with Gasteiger partial charge in [-0.2, -0.15) is 0 Å². The van der Waals surface area contributed by atoms with Crippen LogP contribution >= 0.6 is 0 Å². The van der Waals surface area contributed by atoms with Crippen LogP contribution in [0, 0.1) is 15.9 Å². The molecule has 0 spiro atoms. The first kappa shape index (κ1) is 9.85. The zero-order chi connectivity index (χ0) is 10.8. The smallest absolute Gasteiger partial charge is 0.311 e. The lowest BCUT2D eigenvalue weighted by atomic mass is 10.3. The number of nitro benzene ring substituents is 1. The van der Waals surface area contributed by atoms with E-state index < -0.39 is 10.7 Å². The van der Waals surface area contributed by atoms with Crippen molar-refractivity contribution in [3.05, 3.63) is 34.1 Å². The lowest BCUT2D eigenvalue weighted by Gasteiger charge is -2.04. The van der Waals surface area contributed by atoms with Gasteiger partial charge in [-0.15, -0.1) is 0 Å². The third kappa shape index (κ3) is 2.41. The molecule has 0 aliphatic carbocycles. The van der Waals surface area contributed by atoms with E-state index in [9.17, 15) is 14.5 Å². The van der Waals surface area contributed by atoms with E-state index in [1.54, 1.807) is 0 Å². The molecule has 0 N–H and O–H groups in total. The predicted octanol–water partition coefficient (Wildman–Crippen LogP) is 1.51. The zero-order valence-electron chi connectivity index (χ0n) is 7.68. The fourth-order valence-electron chi connectivity index (χ4n) is 1.10. The molecule has 80 valence electrons. The van der Waals surface area contributed by atoms with Crippen LogP contribution < -0.4 is 4.74 Å². The van der Waals surface area contributed by atoms with Crippen LogP contribution in [0.5, 0.6) is 5.75 Å². The third-order valence-electron chi connectivity index (χ3n) is 1.95. The minimum absolute atomic E-state index is 0.0205. The van der Waals surface area contributed by atoms with E-state index >= 15 is 0 Å². The van der Waals surface area contributed by atoms with Crippen molar-refractivity contribution in [2.24, 2.45) is 0 Å². The number of hydrogen-bond donors (Lipinski definition) is 0. The van der Waals surface area contributed by atoms with Gasteiger partial charge >= 0.3 is 5.69 Å². The summed E-state index contributed by atoms with van der Waals surface area (Å²) in [5.74, 6) is -0.622. The average molecular weight is 213 g/mol. The molecule has 0 unspecified atom stereocenters. The Morgan fingerprint density at radius 1 is 1.67 bits per heavy atom. The molecule has 1 aliphatic heterocycles. The Kier molecular flexibility index (Phi) is 2.51. The highest BCUT2D eigenvalue weighted by atomic mass is 19.1. The highest BCUT2D eigenvalue weighted by Gasteiger charge is 2.25. The van der Waals surface area contributed by atoms with E-state index in [0.29, 0.717) is 6.61 Å². The molecule has 0 bridgehead atoms. The average Bonchev–Trinajstić information content (AvgIpc) is 2.97. The van der Waals surface area contributed by atoms with Crippen molar-refractivity contribution in [1.82, 2.24) is 0 Å². The molecule has 1 aromatic carbocycles. The van der Waals surface area contributed by atoms with Crippen molar-refractivity contribution in [3.63, 3.8) is 0 Å². The van der Waals surface area contributed by atoms with Gasteiger partial charge in [0.25, 0.3) is 0 Å². The predicted molar refractivity (Wildman–Crippen MR) is 48.3 cm³/mol. The second kappa shape index (κ2) is 3.82. The number of nitro groups is 1. The Morgan fingerprint density at radius 3 is 3.00 bits per heavy atom. The molecule has 6 heteroatoms. The monoisotopic (exact) mass is 213 g/mol. The van der Waals surface area contributed by atoms with Crippen molar-refractivity contribution in [1.29, 1.82) is 0 Å². The minimum atomic E-state index is -0.609. The molecule has 1 atom stereocenters. The maximum Gasteiger partial charge on any atom is 0.311 e. The summed E-state index contributed by atoms with van der Waals surface area (Å²) >= 11 is 0. The van der Waals surface area contributed by atoms with Crippen LogP contribution in [0.4, 0.5) is 10.1 Å². The van der Waals surface area contributed by atoms with Crippen molar-refractivity contribution in [3.8, 4) is 5.75 Å². The van der Waals surface area contributed by atoms with E-state index in [-0.39, 0.29) is 24.1 Å². The Hall–Kier alpha value is -1.69. The number of hydrogen-bond acceptors (Lipinski definition) is 4. The standard InChI is InChI=1S/C9H8FNO4/c10-6-1-2-8(11(12)13)9(3-6)15-5-7-4-14-7/h1-3,7H,4-5H2/t7-/m1/s1. The van der Waals surface area contributed by atoms with Crippen molar-refractivity contribution in [2.45, 2.75) is 6.10 Å². The van der Waals surface area contributed by atoms with Crippen LogP contribution in [0.15, 0.2) is 18.2 Å². The molecular formula is C9H8FNO4. The van der Waals surface area contributed by atoms with E-state index in [2.05, 4.69) is 0 Å². The maximum absolute atomic E-state index is 12.8. The number of nitrogens with zero attached hydrogens (tertiary/aromatic N) is 1. The number of epoxide rings is 1. The molecule has 2 rings (SSSR count). The summed E-state index contributed by atoms with van der Waals surface area (Å²) in [6.07, 6.45) is -0.0205. The fourth-order valence-corrected chi connectivity index (χ4v) is 1.10. The minimum Gasteiger partial charge on any atom is -0.484 e. The molecule has 1 fully saturated rings. The molecule has 0 radical (unpaired) electrons. The SMILES string of the molecule is O=[N+]([O-])c1ccc(F)cc1OC[C@H]1CO1. The van der Waals surface area contributed by atoms with Gasteiger partial charge in [-0.3, -0.25) is 10.1 Å². The van der Waals surface area contributed by atoms with Gasteiger partial charge in [0.15, 0.2) is 5.75 Å². The van der Waals surface area contributed by atoms with Crippen LogP contribution in [0.1, 0.15) is 0 Å². The third-order valence-corrected chi connectivity index (χ3v) is 1.95. The number of halogens is 1. The molecule has 0 aromatic heterocycles. The number of ether oxygens (including phenoxy) is 2. The first-order valence-electron chi connectivity index (χ1n) is 4.35. The van der Waals surface area contributed by atoms with Crippen LogP contribution in [-0.2, 0) is 4.74 Å². The molecule has 1 aromatic rings. The highest BCUT2D eigenvalue weighted by Crippen LogP contribution is 2.28. The molecule has 5 nitrogen and oxygen atoms in total. The van der Waals surface area contributed by atoms with E-state index in [4.69, 9.17) is 9.47 Å². The van der Waals surface area contributed by atoms with Gasteiger partial charge in [-0.25, -0.2) is 4.39 Å². The number of benzene rings is 1. The highest BCUT2D eigenvalue weighted by molar-refractivity contribution is 5.46. The van der Waals surface area contributed by atoms with Crippen LogP contribution in [-0.4, -0.2) is 24.2 Å². The van der Waals surface area contributed by atoms with Gasteiger partial charge in [0, 0.05) is 12.1 Å². The molecule has 0 saturated carbocycles. The van der Waals surface area contributed by atoms with Gasteiger partial charge in [0.1, 0.15) is 18.5 Å². The molecule has 0 amide bonds. The van der Waals surface area contributed by atoms with Gasteiger partial charge in [-0.1, -0.05) is 0 Å². The second-order valence-corrected chi connectivity index (χ2v) is 3.14. The van der Waals surface area contributed by atoms with Crippen LogP contribution in [0.25, 0.3) is 0 Å². The van der Waals surface area contributed by atoms with Crippen molar-refractivity contribution in [2.75, 3.05) is 13.2 Å². The normalized spacial score (nSPS) is 18.6. The summed E-state index contributed by atoms with van der Waals surface area (Å²) in [5.41, 5.74) is -0.239. The lowest BCUT2D eigenvalue weighted by Crippen LogP contribution is -2.06. The molecule has 15 heavy (non-hydrogen) atoms. The lowest BCUT2D eigenvalue weighted by molar-refractivity contribution is -0.385. The molecule has 1 aliphatic rings. The molecular weight excluding hydrogens is 205 g/mol. The first-order valence-corrected chi connectivity index (χ1v) is 4.35. The summed E-state index contributed by atoms with van der Waals surface area (Å²) in [6.45, 7) is 0.799. The Bertz CT molecular complexity index is 392. The summed E-state index contributed by atoms with van der Waals surface area (Å²) in [4.78, 5) is 9.96. The second-order valence-electron chi connectivity index (χ2n) is 3.14. The van der Waals surface area contributed by atoms with E-state index in [1.165, 1.54) is 0 Å². The van der Waals surface area contributed by atoms with Crippen molar-refractivity contribution >= 4 is 5.69 Å². The Morgan fingerprint density at radius 2 is 2.40 bits per heavy atom. The van der Waals surface area contributed by atoms with Gasteiger partial charge in [0.05, 0.1) is 11.5 Å². The Labute approximate surface area is 84.6 Å². The molecule has 1 saturated heterocycles. The summed E-state index contributed by atoms with van der Waals surface area (Å²) in [7, 11) is 0. The molecule has 1 heterocycles. The van der Waals surface area contributed by atoms with Gasteiger partial charge < -0.3 is 9.47 Å². The maximum atomic E-state index is 12.8. The van der Waals surface area contributed by atoms with Gasteiger partial charge in [0.2, 0.25) is 0 Å². The fraction of sp³-hybridized carbons (Fsp3) is 0.333. The Balaban J connectivity index is 2.16. The zero-order valence-corrected chi connectivity index (χ0v) is 7.68. The summed E-state index contributed by atoms with van der Waals surface area (Å²) in [6, 6.07) is 3.11. The van der Waals surface area contributed by atoms with Crippen LogP contribution in [0.3, 0.4) is 0 Å². The van der Waals surface area contributed by atoms with Crippen molar-refractivity contribution < 1.29 is 18.8 Å². The summed E-state index contributed by atoms with van der Waals surface area (Å²) < 4.78 is 22.8.